The highest BCUT2D eigenvalue weighted by atomic mass is 16.4. The number of carboxylic acids is 1. The van der Waals surface area contributed by atoms with Gasteiger partial charge in [0.1, 0.15) is 5.82 Å². The maximum atomic E-state index is 10.6. The second-order valence-electron chi connectivity index (χ2n) is 3.79. The smallest absolute Gasteiger partial charge is 0.356 e. The van der Waals surface area contributed by atoms with Crippen LogP contribution in [-0.2, 0) is 0 Å². The van der Waals surface area contributed by atoms with E-state index in [1.807, 2.05) is 26.0 Å². The van der Waals surface area contributed by atoms with Crippen LogP contribution in [0.5, 0.6) is 0 Å². The molecule has 6 heteroatoms. The van der Waals surface area contributed by atoms with Crippen LogP contribution < -0.4 is 4.90 Å². The summed E-state index contributed by atoms with van der Waals surface area (Å²) >= 11 is 0. The van der Waals surface area contributed by atoms with Crippen LogP contribution in [0.15, 0.2) is 12.4 Å². The van der Waals surface area contributed by atoms with Crippen LogP contribution in [-0.4, -0.2) is 60.2 Å². The minimum Gasteiger partial charge on any atom is -0.476 e. The van der Waals surface area contributed by atoms with Crippen molar-refractivity contribution in [3.63, 3.8) is 0 Å². The summed E-state index contributed by atoms with van der Waals surface area (Å²) in [6.45, 7) is 1.72. The molecular formula is C10H16N4O2. The van der Waals surface area contributed by atoms with E-state index in [-0.39, 0.29) is 5.69 Å². The highest BCUT2D eigenvalue weighted by molar-refractivity contribution is 5.84. The summed E-state index contributed by atoms with van der Waals surface area (Å²) in [6.07, 6.45) is 2.74. The summed E-state index contributed by atoms with van der Waals surface area (Å²) in [4.78, 5) is 22.4. The molecule has 1 heterocycles. The van der Waals surface area contributed by atoms with Gasteiger partial charge >= 0.3 is 5.97 Å². The standard InChI is InChI=1S/C10H16N4O2/c1-13(2)4-5-14(3)9-7-11-8(6-12-9)10(15)16/h6-7H,4-5H2,1-3H3,(H,15,16). The topological polar surface area (TPSA) is 69.6 Å². The van der Waals surface area contributed by atoms with Gasteiger partial charge in [-0.25, -0.2) is 14.8 Å². The number of nitrogens with zero attached hydrogens (tertiary/aromatic N) is 4. The van der Waals surface area contributed by atoms with E-state index < -0.39 is 5.97 Å². The van der Waals surface area contributed by atoms with Gasteiger partial charge in [-0.3, -0.25) is 0 Å². The van der Waals surface area contributed by atoms with Crippen molar-refractivity contribution >= 4 is 11.8 Å². The third-order valence-electron chi connectivity index (χ3n) is 2.13. The van der Waals surface area contributed by atoms with E-state index in [2.05, 4.69) is 14.9 Å². The Labute approximate surface area is 94.5 Å². The Morgan fingerprint density at radius 1 is 1.25 bits per heavy atom. The number of rotatable bonds is 5. The van der Waals surface area contributed by atoms with Crippen LogP contribution in [0.3, 0.4) is 0 Å². The van der Waals surface area contributed by atoms with Crippen LogP contribution in [0.4, 0.5) is 5.82 Å². The van der Waals surface area contributed by atoms with Gasteiger partial charge in [-0.05, 0) is 14.1 Å². The van der Waals surface area contributed by atoms with Gasteiger partial charge in [-0.1, -0.05) is 0 Å². The van der Waals surface area contributed by atoms with Gasteiger partial charge < -0.3 is 14.9 Å². The molecule has 0 fully saturated rings. The average Bonchev–Trinajstić information content (AvgIpc) is 2.26. The van der Waals surface area contributed by atoms with E-state index in [4.69, 9.17) is 5.11 Å². The molecule has 88 valence electrons. The molecule has 16 heavy (non-hydrogen) atoms. The summed E-state index contributed by atoms with van der Waals surface area (Å²) in [5.41, 5.74) is -0.0373. The van der Waals surface area contributed by atoms with Crippen molar-refractivity contribution in [2.45, 2.75) is 0 Å². The van der Waals surface area contributed by atoms with Crippen molar-refractivity contribution in [2.24, 2.45) is 0 Å². The molecular weight excluding hydrogens is 208 g/mol. The molecule has 0 aliphatic heterocycles. The van der Waals surface area contributed by atoms with Crippen molar-refractivity contribution < 1.29 is 9.90 Å². The van der Waals surface area contributed by atoms with Gasteiger partial charge in [0, 0.05) is 20.1 Å². The first-order chi connectivity index (χ1) is 7.50. The third kappa shape index (κ3) is 3.47. The van der Waals surface area contributed by atoms with Gasteiger partial charge in [-0.15, -0.1) is 0 Å². The zero-order valence-corrected chi connectivity index (χ0v) is 9.71. The second-order valence-corrected chi connectivity index (χ2v) is 3.79. The highest BCUT2D eigenvalue weighted by Gasteiger charge is 2.07. The fourth-order valence-corrected chi connectivity index (χ4v) is 1.09. The minimum absolute atomic E-state index is 0.0373. The molecule has 0 aromatic carbocycles. The lowest BCUT2D eigenvalue weighted by Crippen LogP contribution is -2.29. The van der Waals surface area contributed by atoms with Gasteiger partial charge in [0.15, 0.2) is 5.69 Å². The van der Waals surface area contributed by atoms with E-state index in [0.29, 0.717) is 5.82 Å². The normalized spacial score (nSPS) is 10.5. The molecule has 0 aliphatic carbocycles. The molecule has 1 aromatic rings. The zero-order valence-electron chi connectivity index (χ0n) is 9.71. The lowest BCUT2D eigenvalue weighted by atomic mass is 10.4. The summed E-state index contributed by atoms with van der Waals surface area (Å²) in [5.74, 6) is -0.387. The van der Waals surface area contributed by atoms with Crippen molar-refractivity contribution in [3.8, 4) is 0 Å². The summed E-state index contributed by atoms with van der Waals surface area (Å²) in [6, 6.07) is 0. The number of aromatic nitrogens is 2. The molecule has 0 aliphatic rings. The first-order valence-corrected chi connectivity index (χ1v) is 4.92. The van der Waals surface area contributed by atoms with E-state index in [9.17, 15) is 4.79 Å². The van der Waals surface area contributed by atoms with Crippen molar-refractivity contribution in [1.29, 1.82) is 0 Å². The summed E-state index contributed by atoms with van der Waals surface area (Å²) in [5, 5.41) is 8.67. The second kappa shape index (κ2) is 5.41. The SMILES string of the molecule is CN(C)CCN(C)c1cnc(C(=O)O)cn1. The number of hydrogen-bond donors (Lipinski definition) is 1. The highest BCUT2D eigenvalue weighted by Crippen LogP contribution is 2.06. The molecule has 0 saturated heterocycles. The number of likely N-dealkylation sites (N-methyl/N-ethyl adjacent to an activating group) is 2. The van der Waals surface area contributed by atoms with Crippen LogP contribution >= 0.6 is 0 Å². The number of carboxylic acid groups (broad SMARTS) is 1. The third-order valence-corrected chi connectivity index (χ3v) is 2.13. The van der Waals surface area contributed by atoms with Crippen LogP contribution in [0.25, 0.3) is 0 Å². The Balaban J connectivity index is 2.63. The van der Waals surface area contributed by atoms with Gasteiger partial charge in [0.25, 0.3) is 0 Å². The molecule has 1 aromatic heterocycles. The molecule has 0 spiro atoms. The van der Waals surface area contributed by atoms with Crippen molar-refractivity contribution in [1.82, 2.24) is 14.9 Å². The fourth-order valence-electron chi connectivity index (χ4n) is 1.09. The first-order valence-electron chi connectivity index (χ1n) is 4.92. The summed E-state index contributed by atoms with van der Waals surface area (Å²) < 4.78 is 0. The quantitative estimate of drug-likeness (QED) is 0.769. The number of aromatic carboxylic acids is 1. The molecule has 1 rings (SSSR count). The predicted octanol–water partition coefficient (Wildman–Crippen LogP) is 0.173. The van der Waals surface area contributed by atoms with Crippen molar-refractivity contribution in [3.05, 3.63) is 18.1 Å². The molecule has 0 amide bonds. The zero-order chi connectivity index (χ0) is 12.1. The lowest BCUT2D eigenvalue weighted by molar-refractivity contribution is 0.0690. The average molecular weight is 224 g/mol. The van der Waals surface area contributed by atoms with E-state index in [1.165, 1.54) is 12.4 Å². The van der Waals surface area contributed by atoms with Gasteiger partial charge in [0.2, 0.25) is 0 Å². The van der Waals surface area contributed by atoms with Crippen LogP contribution in [0, 0.1) is 0 Å². The Morgan fingerprint density at radius 2 is 1.94 bits per heavy atom. The van der Waals surface area contributed by atoms with E-state index >= 15 is 0 Å². The number of anilines is 1. The molecule has 6 nitrogen and oxygen atoms in total. The molecule has 1 N–H and O–H groups in total. The molecule has 0 radical (unpaired) electrons. The maximum absolute atomic E-state index is 10.6. The lowest BCUT2D eigenvalue weighted by Gasteiger charge is -2.19. The maximum Gasteiger partial charge on any atom is 0.356 e. The summed E-state index contributed by atoms with van der Waals surface area (Å²) in [7, 11) is 5.88. The van der Waals surface area contributed by atoms with Crippen LogP contribution in [0.2, 0.25) is 0 Å². The van der Waals surface area contributed by atoms with Crippen molar-refractivity contribution in [2.75, 3.05) is 39.1 Å². The minimum atomic E-state index is -1.06. The Hall–Kier alpha value is -1.69. The van der Waals surface area contributed by atoms with Gasteiger partial charge in [0.05, 0.1) is 12.4 Å². The molecule has 0 saturated carbocycles. The number of carbonyl (C=O) groups is 1. The van der Waals surface area contributed by atoms with Gasteiger partial charge in [-0.2, -0.15) is 0 Å². The molecule has 0 unspecified atom stereocenters. The molecule has 0 bridgehead atoms. The largest absolute Gasteiger partial charge is 0.476 e. The monoisotopic (exact) mass is 224 g/mol. The van der Waals surface area contributed by atoms with E-state index in [0.717, 1.165) is 13.1 Å². The Bertz CT molecular complexity index is 350. The number of hydrogen-bond acceptors (Lipinski definition) is 5. The van der Waals surface area contributed by atoms with E-state index in [1.54, 1.807) is 0 Å². The van der Waals surface area contributed by atoms with Crippen LogP contribution in [0.1, 0.15) is 10.5 Å². The Morgan fingerprint density at radius 3 is 2.38 bits per heavy atom. The Kier molecular flexibility index (Phi) is 4.19. The first kappa shape index (κ1) is 12.4. The predicted molar refractivity (Wildman–Crippen MR) is 60.8 cm³/mol. The molecule has 0 atom stereocenters. The fraction of sp³-hybridized carbons (Fsp3) is 0.500.